The molecular weight excluding hydrogens is 654 g/mol. The third-order valence-electron chi connectivity index (χ3n) is 8.21. The van der Waals surface area contributed by atoms with Gasteiger partial charge < -0.3 is 40.0 Å². The summed E-state index contributed by atoms with van der Waals surface area (Å²) in [7, 11) is 1.50. The maximum absolute atomic E-state index is 14.8. The van der Waals surface area contributed by atoms with Crippen LogP contribution in [0.25, 0.3) is 11.3 Å². The SMILES string of the molecule is CCOc1ccc(-c2cnc(C(=O)Nc3ccc(C(=O)N4CCN(C(=O)CC5(O)CCNCC5)CC4)c(Cl)c3)n2C)c(F)c1F.O=CO. The number of aromatic nitrogens is 2. The Labute approximate surface area is 280 Å². The second-order valence-corrected chi connectivity index (χ2v) is 11.7. The second kappa shape index (κ2) is 16.0. The monoisotopic (exact) mass is 690 g/mol. The standard InChI is InChI=1S/C31H35ClF2N6O5.CH2O2/c1-3-45-24-7-6-21(26(33)27(24)34)23-18-36-28(38(23)2)29(42)37-19-4-5-20(22(32)16-19)30(43)40-14-12-39(13-15-40)25(41)17-31(44)8-10-35-11-9-31;2-1-3/h4-7,16,18,35,44H,3,8-15,17H2,1-2H3,(H,37,42);1H,(H,2,3). The predicted octanol–water partition coefficient (Wildman–Crippen LogP) is 3.16. The average Bonchev–Trinajstić information content (AvgIpc) is 3.44. The minimum atomic E-state index is -1.13. The molecule has 2 fully saturated rings. The predicted molar refractivity (Wildman–Crippen MR) is 172 cm³/mol. The number of carboxylic acid groups (broad SMARTS) is 1. The zero-order valence-electron chi connectivity index (χ0n) is 26.5. The Kier molecular flexibility index (Phi) is 12.1. The zero-order valence-corrected chi connectivity index (χ0v) is 27.2. The van der Waals surface area contributed by atoms with Crippen molar-refractivity contribution >= 4 is 41.5 Å². The lowest BCUT2D eigenvalue weighted by Crippen LogP contribution is -2.53. The van der Waals surface area contributed by atoms with Crippen molar-refractivity contribution in [2.75, 3.05) is 51.2 Å². The molecule has 13 nitrogen and oxygen atoms in total. The summed E-state index contributed by atoms with van der Waals surface area (Å²) in [6.45, 7) is 4.27. The smallest absolute Gasteiger partial charge is 0.291 e. The van der Waals surface area contributed by atoms with E-state index in [0.29, 0.717) is 57.8 Å². The van der Waals surface area contributed by atoms with Gasteiger partial charge in [-0.05, 0) is 63.2 Å². The first kappa shape index (κ1) is 36.2. The maximum atomic E-state index is 14.8. The lowest BCUT2D eigenvalue weighted by molar-refractivity contribution is -0.139. The van der Waals surface area contributed by atoms with Crippen molar-refractivity contribution in [2.45, 2.75) is 31.8 Å². The summed E-state index contributed by atoms with van der Waals surface area (Å²) < 4.78 is 35.6. The highest BCUT2D eigenvalue weighted by atomic mass is 35.5. The van der Waals surface area contributed by atoms with E-state index in [-0.39, 0.29) is 64.7 Å². The Hall–Kier alpha value is -4.60. The van der Waals surface area contributed by atoms with Gasteiger partial charge in [0.25, 0.3) is 18.3 Å². The van der Waals surface area contributed by atoms with Gasteiger partial charge in [0.05, 0.1) is 41.1 Å². The number of rotatable bonds is 8. The summed E-state index contributed by atoms with van der Waals surface area (Å²) in [4.78, 5) is 54.8. The van der Waals surface area contributed by atoms with Crippen LogP contribution in [0.1, 0.15) is 47.2 Å². The van der Waals surface area contributed by atoms with Crippen LogP contribution in [0.2, 0.25) is 5.02 Å². The van der Waals surface area contributed by atoms with E-state index in [0.717, 1.165) is 0 Å². The average molecular weight is 691 g/mol. The first-order valence-corrected chi connectivity index (χ1v) is 15.6. The molecule has 3 amide bonds. The van der Waals surface area contributed by atoms with Crippen LogP contribution in [0.4, 0.5) is 14.5 Å². The van der Waals surface area contributed by atoms with Crippen LogP contribution in [-0.4, -0.2) is 105 Å². The molecule has 0 saturated carbocycles. The van der Waals surface area contributed by atoms with E-state index < -0.39 is 23.1 Å². The molecular formula is C32H37ClF2N6O7. The van der Waals surface area contributed by atoms with Gasteiger partial charge in [-0.1, -0.05) is 11.6 Å². The number of carbonyl (C=O) groups is 4. The van der Waals surface area contributed by atoms with E-state index >= 15 is 0 Å². The molecule has 16 heteroatoms. The molecule has 2 aromatic carbocycles. The summed E-state index contributed by atoms with van der Waals surface area (Å²) in [6.07, 6.45) is 2.39. The van der Waals surface area contributed by atoms with E-state index in [9.17, 15) is 28.3 Å². The number of piperidine rings is 1. The van der Waals surface area contributed by atoms with Crippen LogP contribution >= 0.6 is 11.6 Å². The molecule has 0 unspecified atom stereocenters. The van der Waals surface area contributed by atoms with Crippen LogP contribution in [0.15, 0.2) is 36.5 Å². The number of halogens is 3. The number of ether oxygens (including phenoxy) is 1. The first-order valence-electron chi connectivity index (χ1n) is 15.2. The fourth-order valence-electron chi connectivity index (χ4n) is 5.61. The fraction of sp³-hybridized carbons (Fsp3) is 0.406. The van der Waals surface area contributed by atoms with E-state index in [4.69, 9.17) is 26.2 Å². The van der Waals surface area contributed by atoms with Crippen molar-refractivity contribution < 1.29 is 42.9 Å². The molecule has 3 heterocycles. The summed E-state index contributed by atoms with van der Waals surface area (Å²) in [5, 5.41) is 23.6. The number of piperazine rings is 1. The lowest BCUT2D eigenvalue weighted by atomic mass is 9.88. The molecule has 258 valence electrons. The molecule has 2 aliphatic rings. The quantitative estimate of drug-likeness (QED) is 0.260. The molecule has 2 saturated heterocycles. The van der Waals surface area contributed by atoms with E-state index in [1.54, 1.807) is 16.7 Å². The van der Waals surface area contributed by atoms with Gasteiger partial charge in [-0.15, -0.1) is 0 Å². The van der Waals surface area contributed by atoms with Crippen molar-refractivity contribution in [3.8, 4) is 17.0 Å². The number of carbonyl (C=O) groups excluding carboxylic acids is 3. The largest absolute Gasteiger partial charge is 0.491 e. The van der Waals surface area contributed by atoms with Crippen molar-refractivity contribution in [3.63, 3.8) is 0 Å². The molecule has 2 aliphatic heterocycles. The number of hydrogen-bond donors (Lipinski definition) is 4. The van der Waals surface area contributed by atoms with Crippen molar-refractivity contribution in [3.05, 3.63) is 64.6 Å². The Morgan fingerprint density at radius 1 is 1.08 bits per heavy atom. The Morgan fingerprint density at radius 3 is 2.35 bits per heavy atom. The normalized spacial score (nSPS) is 15.6. The van der Waals surface area contributed by atoms with Gasteiger partial charge >= 0.3 is 0 Å². The van der Waals surface area contributed by atoms with E-state index in [1.807, 2.05) is 0 Å². The number of nitrogens with zero attached hydrogens (tertiary/aromatic N) is 4. The number of hydrogen-bond acceptors (Lipinski definition) is 8. The highest BCUT2D eigenvalue weighted by Crippen LogP contribution is 2.31. The maximum Gasteiger partial charge on any atom is 0.291 e. The van der Waals surface area contributed by atoms with Crippen molar-refractivity contribution in [1.29, 1.82) is 0 Å². The molecule has 48 heavy (non-hydrogen) atoms. The summed E-state index contributed by atoms with van der Waals surface area (Å²) >= 11 is 6.45. The minimum Gasteiger partial charge on any atom is -0.491 e. The van der Waals surface area contributed by atoms with Gasteiger partial charge in [0.15, 0.2) is 17.4 Å². The minimum absolute atomic E-state index is 0.0605. The van der Waals surface area contributed by atoms with Crippen LogP contribution in [-0.2, 0) is 16.6 Å². The summed E-state index contributed by atoms with van der Waals surface area (Å²) in [5.41, 5.74) is -0.351. The highest BCUT2D eigenvalue weighted by Gasteiger charge is 2.35. The summed E-state index contributed by atoms with van der Waals surface area (Å²) in [5.74, 6) is -3.57. The van der Waals surface area contributed by atoms with Crippen LogP contribution in [0, 0.1) is 11.6 Å². The molecule has 0 radical (unpaired) electrons. The van der Waals surface area contributed by atoms with Crippen molar-refractivity contribution in [2.24, 2.45) is 7.05 Å². The highest BCUT2D eigenvalue weighted by molar-refractivity contribution is 6.34. The number of aliphatic hydroxyl groups is 1. The van der Waals surface area contributed by atoms with Crippen molar-refractivity contribution in [1.82, 2.24) is 24.7 Å². The Morgan fingerprint density at radius 2 is 1.73 bits per heavy atom. The second-order valence-electron chi connectivity index (χ2n) is 11.3. The van der Waals surface area contributed by atoms with Crippen LogP contribution in [0.3, 0.4) is 0 Å². The molecule has 3 aromatic rings. The molecule has 0 bridgehead atoms. The molecule has 4 N–H and O–H groups in total. The fourth-order valence-corrected chi connectivity index (χ4v) is 5.87. The number of nitrogens with one attached hydrogen (secondary N) is 2. The summed E-state index contributed by atoms with van der Waals surface area (Å²) in [6, 6.07) is 7.15. The van der Waals surface area contributed by atoms with Crippen LogP contribution < -0.4 is 15.4 Å². The lowest BCUT2D eigenvalue weighted by Gasteiger charge is -2.38. The molecule has 5 rings (SSSR count). The van der Waals surface area contributed by atoms with Gasteiger partial charge in [-0.25, -0.2) is 9.37 Å². The van der Waals surface area contributed by atoms with Gasteiger partial charge in [0.1, 0.15) is 0 Å². The number of benzene rings is 2. The van der Waals surface area contributed by atoms with Gasteiger partial charge in [0, 0.05) is 44.5 Å². The first-order chi connectivity index (χ1) is 22.9. The molecule has 0 spiro atoms. The Bertz CT molecular complexity index is 1660. The topological polar surface area (TPSA) is 166 Å². The molecule has 0 atom stereocenters. The number of anilines is 1. The molecule has 0 aliphatic carbocycles. The number of imidazole rings is 1. The Balaban J connectivity index is 0.00000167. The molecule has 1 aromatic heterocycles. The third-order valence-corrected chi connectivity index (χ3v) is 8.52. The van der Waals surface area contributed by atoms with Crippen LogP contribution in [0.5, 0.6) is 5.75 Å². The van der Waals surface area contributed by atoms with E-state index in [2.05, 4.69) is 15.6 Å². The van der Waals surface area contributed by atoms with Gasteiger partial charge in [-0.3, -0.25) is 19.2 Å². The zero-order chi connectivity index (χ0) is 35.0. The van der Waals surface area contributed by atoms with E-state index in [1.165, 1.54) is 48.1 Å². The van der Waals surface area contributed by atoms with Gasteiger partial charge in [0.2, 0.25) is 11.7 Å². The third kappa shape index (κ3) is 8.27. The number of amides is 3. The van der Waals surface area contributed by atoms with Gasteiger partial charge in [-0.2, -0.15) is 4.39 Å².